The van der Waals surface area contributed by atoms with Crippen molar-refractivity contribution >= 4 is 46.6 Å². The lowest BCUT2D eigenvalue weighted by molar-refractivity contribution is 0.296. The molecule has 1 aromatic carbocycles. The van der Waals surface area contributed by atoms with Gasteiger partial charge in [0.05, 0.1) is 13.2 Å². The molecule has 164 valence electrons. The quantitative estimate of drug-likeness (QED) is 0.361. The molecule has 2 aliphatic rings. The van der Waals surface area contributed by atoms with Crippen LogP contribution in [0.2, 0.25) is 0 Å². The molecule has 0 atom stereocenters. The minimum atomic E-state index is 0. The molecule has 1 saturated heterocycles. The summed E-state index contributed by atoms with van der Waals surface area (Å²) in [4.78, 5) is 13.7. The zero-order valence-corrected chi connectivity index (χ0v) is 20.6. The number of hydrogen-bond acceptors (Lipinski definition) is 7. The Morgan fingerprint density at radius 1 is 1.20 bits per heavy atom. The van der Waals surface area contributed by atoms with Gasteiger partial charge in [0.15, 0.2) is 17.5 Å². The van der Waals surface area contributed by atoms with Crippen LogP contribution in [0.5, 0.6) is 11.5 Å². The number of guanidine groups is 1. The van der Waals surface area contributed by atoms with Gasteiger partial charge in [-0.1, -0.05) is 19.1 Å². The Bertz CT molecular complexity index is 854. The van der Waals surface area contributed by atoms with E-state index in [4.69, 9.17) is 9.47 Å². The lowest BCUT2D eigenvalue weighted by Crippen LogP contribution is -2.52. The van der Waals surface area contributed by atoms with Crippen molar-refractivity contribution in [2.45, 2.75) is 26.3 Å². The maximum atomic E-state index is 5.93. The van der Waals surface area contributed by atoms with E-state index in [1.165, 1.54) is 11.5 Å². The predicted molar refractivity (Wildman–Crippen MR) is 131 cm³/mol. The van der Waals surface area contributed by atoms with Crippen molar-refractivity contribution in [2.75, 3.05) is 51.3 Å². The van der Waals surface area contributed by atoms with Crippen molar-refractivity contribution in [3.8, 4) is 11.5 Å². The van der Waals surface area contributed by atoms with Crippen molar-refractivity contribution in [2.24, 2.45) is 4.99 Å². The van der Waals surface area contributed by atoms with Gasteiger partial charge in [0, 0.05) is 69.7 Å². The number of ether oxygens (including phenoxy) is 2. The van der Waals surface area contributed by atoms with Gasteiger partial charge in [0.2, 0.25) is 5.13 Å². The van der Waals surface area contributed by atoms with Gasteiger partial charge >= 0.3 is 0 Å². The van der Waals surface area contributed by atoms with Gasteiger partial charge in [0.25, 0.3) is 0 Å². The Labute approximate surface area is 198 Å². The van der Waals surface area contributed by atoms with Gasteiger partial charge in [-0.2, -0.15) is 4.37 Å². The first-order valence-corrected chi connectivity index (χ1v) is 11.0. The number of anilines is 1. The highest BCUT2D eigenvalue weighted by atomic mass is 127. The van der Waals surface area contributed by atoms with E-state index in [9.17, 15) is 0 Å². The minimum absolute atomic E-state index is 0. The number of para-hydroxylation sites is 1. The SMILES string of the molecule is CCc1nsc(N2CCN(C(=NC)NCc3cccc4c3OCCCO4)CC2)n1.I. The Hall–Kier alpha value is -1.82. The molecular formula is C20H29IN6O2S. The monoisotopic (exact) mass is 544 g/mol. The van der Waals surface area contributed by atoms with E-state index < -0.39 is 0 Å². The van der Waals surface area contributed by atoms with Crippen LogP contribution in [0.25, 0.3) is 0 Å². The van der Waals surface area contributed by atoms with Crippen LogP contribution in [0.3, 0.4) is 0 Å². The number of aryl methyl sites for hydroxylation is 1. The summed E-state index contributed by atoms with van der Waals surface area (Å²) in [5.74, 6) is 3.51. The summed E-state index contributed by atoms with van der Waals surface area (Å²) in [6.45, 7) is 7.74. The van der Waals surface area contributed by atoms with Crippen molar-refractivity contribution < 1.29 is 9.47 Å². The van der Waals surface area contributed by atoms with Gasteiger partial charge < -0.3 is 24.6 Å². The van der Waals surface area contributed by atoms with Crippen molar-refractivity contribution in [3.05, 3.63) is 29.6 Å². The van der Waals surface area contributed by atoms with Crippen LogP contribution in [0.4, 0.5) is 5.13 Å². The number of aromatic nitrogens is 2. The Balaban J connectivity index is 0.00000256. The lowest BCUT2D eigenvalue weighted by atomic mass is 10.2. The van der Waals surface area contributed by atoms with Gasteiger partial charge in [-0.3, -0.25) is 4.99 Å². The minimum Gasteiger partial charge on any atom is -0.490 e. The smallest absolute Gasteiger partial charge is 0.205 e. The van der Waals surface area contributed by atoms with E-state index in [-0.39, 0.29) is 24.0 Å². The fourth-order valence-electron chi connectivity index (χ4n) is 3.53. The molecule has 10 heteroatoms. The van der Waals surface area contributed by atoms with Crippen LogP contribution in [0.15, 0.2) is 23.2 Å². The average molecular weight is 544 g/mol. The number of aliphatic imine (C=N–C) groups is 1. The molecule has 0 radical (unpaired) electrons. The number of halogens is 1. The summed E-state index contributed by atoms with van der Waals surface area (Å²) in [5, 5.41) is 4.51. The molecule has 3 heterocycles. The van der Waals surface area contributed by atoms with Gasteiger partial charge in [0.1, 0.15) is 5.82 Å². The fourth-order valence-corrected chi connectivity index (χ4v) is 4.33. The third-order valence-electron chi connectivity index (χ3n) is 5.13. The topological polar surface area (TPSA) is 75.1 Å². The second-order valence-corrected chi connectivity index (χ2v) is 7.75. The molecule has 0 aliphatic carbocycles. The molecular weight excluding hydrogens is 515 g/mol. The molecule has 30 heavy (non-hydrogen) atoms. The number of rotatable bonds is 4. The summed E-state index contributed by atoms with van der Waals surface area (Å²) >= 11 is 1.49. The zero-order valence-electron chi connectivity index (χ0n) is 17.5. The number of nitrogens with one attached hydrogen (secondary N) is 1. The Kier molecular flexibility index (Phi) is 8.37. The zero-order chi connectivity index (χ0) is 20.1. The van der Waals surface area contributed by atoms with E-state index in [0.717, 1.165) is 73.0 Å². The van der Waals surface area contributed by atoms with E-state index >= 15 is 0 Å². The Morgan fingerprint density at radius 3 is 2.73 bits per heavy atom. The summed E-state index contributed by atoms with van der Waals surface area (Å²) in [6, 6.07) is 6.06. The van der Waals surface area contributed by atoms with Crippen LogP contribution in [-0.2, 0) is 13.0 Å². The molecule has 1 fully saturated rings. The maximum Gasteiger partial charge on any atom is 0.205 e. The molecule has 2 aromatic rings. The van der Waals surface area contributed by atoms with Crippen molar-refractivity contribution in [1.82, 2.24) is 19.6 Å². The molecule has 8 nitrogen and oxygen atoms in total. The number of hydrogen-bond donors (Lipinski definition) is 1. The van der Waals surface area contributed by atoms with Crippen LogP contribution in [-0.4, -0.2) is 66.7 Å². The highest BCUT2D eigenvalue weighted by molar-refractivity contribution is 14.0. The second-order valence-electron chi connectivity index (χ2n) is 7.02. The molecule has 0 saturated carbocycles. The first-order valence-electron chi connectivity index (χ1n) is 10.2. The summed E-state index contributed by atoms with van der Waals surface area (Å²) in [6.07, 6.45) is 1.78. The summed E-state index contributed by atoms with van der Waals surface area (Å²) in [7, 11) is 1.83. The number of benzene rings is 1. The van der Waals surface area contributed by atoms with Crippen LogP contribution < -0.4 is 19.7 Å². The van der Waals surface area contributed by atoms with E-state index in [1.54, 1.807) is 0 Å². The molecule has 1 aromatic heterocycles. The first-order chi connectivity index (χ1) is 14.3. The van der Waals surface area contributed by atoms with Crippen LogP contribution in [0.1, 0.15) is 24.7 Å². The standard InChI is InChI=1S/C20H28N6O2S.HI/c1-3-17-23-20(29-24-17)26-10-8-25(9-11-26)19(21-2)22-14-15-6-4-7-16-18(15)28-13-5-12-27-16;/h4,6-7H,3,5,8-14H2,1-2H3,(H,21,22);1H. The summed E-state index contributed by atoms with van der Waals surface area (Å²) in [5.41, 5.74) is 1.09. The molecule has 1 N–H and O–H groups in total. The van der Waals surface area contributed by atoms with Gasteiger partial charge in [-0.15, -0.1) is 24.0 Å². The normalized spacial score (nSPS) is 16.7. The highest BCUT2D eigenvalue weighted by Crippen LogP contribution is 2.33. The Morgan fingerprint density at radius 2 is 2.00 bits per heavy atom. The number of piperazine rings is 1. The third kappa shape index (κ3) is 5.26. The highest BCUT2D eigenvalue weighted by Gasteiger charge is 2.22. The van der Waals surface area contributed by atoms with E-state index in [2.05, 4.69) is 42.5 Å². The molecule has 2 aliphatic heterocycles. The molecule has 4 rings (SSSR count). The van der Waals surface area contributed by atoms with Gasteiger partial charge in [-0.05, 0) is 6.07 Å². The van der Waals surface area contributed by atoms with E-state index in [0.29, 0.717) is 19.8 Å². The van der Waals surface area contributed by atoms with Crippen molar-refractivity contribution in [3.63, 3.8) is 0 Å². The second kappa shape index (κ2) is 11.0. The first kappa shape index (κ1) is 22.9. The molecule has 0 spiro atoms. The van der Waals surface area contributed by atoms with E-state index in [1.807, 2.05) is 19.2 Å². The predicted octanol–water partition coefficient (Wildman–Crippen LogP) is 2.78. The lowest BCUT2D eigenvalue weighted by Gasteiger charge is -2.36. The van der Waals surface area contributed by atoms with Crippen LogP contribution >= 0.6 is 35.5 Å². The number of fused-ring (bicyclic) bond motifs is 1. The molecule has 0 amide bonds. The van der Waals surface area contributed by atoms with Gasteiger partial charge in [-0.25, -0.2) is 4.98 Å². The molecule has 0 bridgehead atoms. The molecule has 0 unspecified atom stereocenters. The van der Waals surface area contributed by atoms with Crippen molar-refractivity contribution in [1.29, 1.82) is 0 Å². The fraction of sp³-hybridized carbons (Fsp3) is 0.550. The largest absolute Gasteiger partial charge is 0.490 e. The maximum absolute atomic E-state index is 5.93. The third-order valence-corrected chi connectivity index (χ3v) is 5.94. The average Bonchev–Trinajstić information content (AvgIpc) is 3.12. The summed E-state index contributed by atoms with van der Waals surface area (Å²) < 4.78 is 16.1. The van der Waals surface area contributed by atoms with Crippen LogP contribution in [0, 0.1) is 0 Å². The number of nitrogens with zero attached hydrogens (tertiary/aromatic N) is 5.